The molecule has 156 valence electrons. The zero-order valence-corrected chi connectivity index (χ0v) is 17.0. The smallest absolute Gasteiger partial charge is 0.155 e. The summed E-state index contributed by atoms with van der Waals surface area (Å²) < 4.78 is 11.5. The van der Waals surface area contributed by atoms with Gasteiger partial charge in [0.15, 0.2) is 5.78 Å². The van der Waals surface area contributed by atoms with Gasteiger partial charge in [-0.3, -0.25) is 4.79 Å². The van der Waals surface area contributed by atoms with Gasteiger partial charge in [0.05, 0.1) is 37.1 Å². The lowest BCUT2D eigenvalue weighted by molar-refractivity contribution is -0.165. The van der Waals surface area contributed by atoms with Crippen molar-refractivity contribution in [3.63, 3.8) is 0 Å². The second kappa shape index (κ2) is 10.1. The molecule has 8 atom stereocenters. The number of ketones is 1. The van der Waals surface area contributed by atoms with Crippen LogP contribution in [-0.4, -0.2) is 64.3 Å². The molecule has 8 unspecified atom stereocenters. The molecule has 2 fully saturated rings. The lowest BCUT2D eigenvalue weighted by Crippen LogP contribution is -2.50. The van der Waals surface area contributed by atoms with Gasteiger partial charge in [-0.15, -0.1) is 0 Å². The predicted octanol–water partition coefficient (Wildman–Crippen LogP) is 1.99. The first-order valence-corrected chi connectivity index (χ1v) is 10.3. The molecule has 6 heteroatoms. The van der Waals surface area contributed by atoms with Gasteiger partial charge in [0.2, 0.25) is 0 Å². The summed E-state index contributed by atoms with van der Waals surface area (Å²) in [4.78, 5) is 11.9. The van der Waals surface area contributed by atoms with Crippen LogP contribution in [0.3, 0.4) is 0 Å². The van der Waals surface area contributed by atoms with E-state index in [2.05, 4.69) is 0 Å². The summed E-state index contributed by atoms with van der Waals surface area (Å²) in [5.41, 5.74) is 0.863. The van der Waals surface area contributed by atoms with Gasteiger partial charge >= 0.3 is 0 Å². The maximum Gasteiger partial charge on any atom is 0.155 e. The van der Waals surface area contributed by atoms with Crippen LogP contribution in [0.2, 0.25) is 0 Å². The van der Waals surface area contributed by atoms with E-state index in [1.807, 2.05) is 20.8 Å². The summed E-state index contributed by atoms with van der Waals surface area (Å²) in [6.45, 7) is 7.96. The Morgan fingerprint density at radius 1 is 1.22 bits per heavy atom. The first-order chi connectivity index (χ1) is 12.7. The van der Waals surface area contributed by atoms with E-state index in [4.69, 9.17) is 9.47 Å². The summed E-state index contributed by atoms with van der Waals surface area (Å²) in [6, 6.07) is 0. The molecule has 2 heterocycles. The summed E-state index contributed by atoms with van der Waals surface area (Å²) in [5.74, 6) is -0.0440. The van der Waals surface area contributed by atoms with Crippen LogP contribution in [0.5, 0.6) is 0 Å². The molecule has 0 spiro atoms. The molecule has 2 aliphatic heterocycles. The summed E-state index contributed by atoms with van der Waals surface area (Å²) in [7, 11) is 0. The van der Waals surface area contributed by atoms with Crippen LogP contribution in [0.4, 0.5) is 0 Å². The number of hydrogen-bond donors (Lipinski definition) is 3. The highest BCUT2D eigenvalue weighted by molar-refractivity contribution is 5.90. The van der Waals surface area contributed by atoms with E-state index >= 15 is 0 Å². The molecule has 2 rings (SSSR count). The van der Waals surface area contributed by atoms with Gasteiger partial charge in [0.25, 0.3) is 0 Å². The molecular weight excluding hydrogens is 348 g/mol. The molecular formula is C21H36O6. The molecule has 0 aromatic rings. The molecule has 0 aromatic heterocycles. The topological polar surface area (TPSA) is 99.5 Å². The monoisotopic (exact) mass is 384 g/mol. The molecule has 3 N–H and O–H groups in total. The average Bonchev–Trinajstić information content (AvgIpc) is 3.37. The number of unbranched alkanes of at least 4 members (excludes halogenated alkanes) is 1. The third-order valence-corrected chi connectivity index (χ3v) is 5.88. The van der Waals surface area contributed by atoms with E-state index in [0.717, 1.165) is 18.4 Å². The fourth-order valence-corrected chi connectivity index (χ4v) is 3.79. The van der Waals surface area contributed by atoms with Gasteiger partial charge in [0, 0.05) is 18.3 Å². The molecule has 2 saturated heterocycles. The number of ether oxygens (including phenoxy) is 2. The van der Waals surface area contributed by atoms with Gasteiger partial charge < -0.3 is 24.8 Å². The van der Waals surface area contributed by atoms with E-state index in [1.165, 1.54) is 0 Å². The van der Waals surface area contributed by atoms with Crippen molar-refractivity contribution < 1.29 is 29.6 Å². The Morgan fingerprint density at radius 2 is 1.93 bits per heavy atom. The number of carbonyl (C=O) groups is 1. The third-order valence-electron chi connectivity index (χ3n) is 5.88. The molecule has 0 bridgehead atoms. The zero-order chi connectivity index (χ0) is 20.1. The molecule has 0 amide bonds. The van der Waals surface area contributed by atoms with Gasteiger partial charge in [0.1, 0.15) is 6.10 Å². The Kier molecular flexibility index (Phi) is 8.43. The highest BCUT2D eigenvalue weighted by Gasteiger charge is 2.48. The van der Waals surface area contributed by atoms with Crippen LogP contribution in [0.1, 0.15) is 59.8 Å². The minimum absolute atomic E-state index is 0.000538. The highest BCUT2D eigenvalue weighted by atomic mass is 16.6. The van der Waals surface area contributed by atoms with Crippen molar-refractivity contribution in [1.82, 2.24) is 0 Å². The van der Waals surface area contributed by atoms with Crippen molar-refractivity contribution in [2.24, 2.45) is 11.8 Å². The maximum absolute atomic E-state index is 11.9. The largest absolute Gasteiger partial charge is 0.393 e. The fourth-order valence-electron chi connectivity index (χ4n) is 3.79. The quantitative estimate of drug-likeness (QED) is 0.393. The standard InChI is InChI=1S/C21H36O6/c1-5-6-7-16(23)8-12(2)9-17-20(25)19(24)15(11-26-17)10-18-21(27-18)13(3)14(4)22/h8,13-15,17-22,24-25H,5-7,9-11H2,1-4H3. The van der Waals surface area contributed by atoms with E-state index in [0.29, 0.717) is 25.9 Å². The van der Waals surface area contributed by atoms with E-state index in [-0.39, 0.29) is 29.8 Å². The van der Waals surface area contributed by atoms with Crippen molar-refractivity contribution in [3.8, 4) is 0 Å². The van der Waals surface area contributed by atoms with Crippen molar-refractivity contribution in [3.05, 3.63) is 11.6 Å². The normalized spacial score (nSPS) is 36.3. The van der Waals surface area contributed by atoms with E-state index in [9.17, 15) is 20.1 Å². The molecule has 0 aromatic carbocycles. The average molecular weight is 385 g/mol. The summed E-state index contributed by atoms with van der Waals surface area (Å²) in [5, 5.41) is 30.6. The Hall–Kier alpha value is -0.790. The Bertz CT molecular complexity index is 517. The van der Waals surface area contributed by atoms with E-state index in [1.54, 1.807) is 13.0 Å². The van der Waals surface area contributed by atoms with Gasteiger partial charge in [-0.1, -0.05) is 25.8 Å². The van der Waals surface area contributed by atoms with Crippen molar-refractivity contribution in [2.45, 2.75) is 96.4 Å². The molecule has 2 aliphatic rings. The Morgan fingerprint density at radius 3 is 2.56 bits per heavy atom. The van der Waals surface area contributed by atoms with Crippen molar-refractivity contribution in [1.29, 1.82) is 0 Å². The van der Waals surface area contributed by atoms with Crippen LogP contribution in [0, 0.1) is 11.8 Å². The van der Waals surface area contributed by atoms with Crippen LogP contribution in [0.25, 0.3) is 0 Å². The zero-order valence-electron chi connectivity index (χ0n) is 17.0. The molecule has 0 radical (unpaired) electrons. The number of hydrogen-bond acceptors (Lipinski definition) is 6. The third kappa shape index (κ3) is 6.36. The molecule has 6 nitrogen and oxygen atoms in total. The SMILES string of the molecule is CCCCC(=O)C=C(C)CC1OCC(CC2OC2C(C)C(C)O)C(O)C1O. The lowest BCUT2D eigenvalue weighted by Gasteiger charge is -2.38. The van der Waals surface area contributed by atoms with Crippen molar-refractivity contribution in [2.75, 3.05) is 6.61 Å². The summed E-state index contributed by atoms with van der Waals surface area (Å²) in [6.07, 6.45) is 2.29. The number of allylic oxidation sites excluding steroid dienone is 1. The molecule has 27 heavy (non-hydrogen) atoms. The number of carbonyl (C=O) groups excluding carboxylic acids is 1. The van der Waals surface area contributed by atoms with Crippen LogP contribution >= 0.6 is 0 Å². The molecule has 0 saturated carbocycles. The van der Waals surface area contributed by atoms with Gasteiger partial charge in [-0.05, 0) is 39.2 Å². The first kappa shape index (κ1) is 22.5. The van der Waals surface area contributed by atoms with Gasteiger partial charge in [-0.25, -0.2) is 0 Å². The molecule has 0 aliphatic carbocycles. The second-order valence-electron chi connectivity index (χ2n) is 8.35. The second-order valence-corrected chi connectivity index (χ2v) is 8.35. The minimum atomic E-state index is -0.982. The van der Waals surface area contributed by atoms with Crippen molar-refractivity contribution >= 4 is 5.78 Å². The Labute approximate surface area is 162 Å². The summed E-state index contributed by atoms with van der Waals surface area (Å²) >= 11 is 0. The Balaban J connectivity index is 1.81. The lowest BCUT2D eigenvalue weighted by atomic mass is 9.85. The van der Waals surface area contributed by atoms with Crippen LogP contribution < -0.4 is 0 Å². The van der Waals surface area contributed by atoms with Gasteiger partial charge in [-0.2, -0.15) is 0 Å². The number of aliphatic hydroxyl groups is 3. The van der Waals surface area contributed by atoms with E-state index < -0.39 is 24.4 Å². The highest BCUT2D eigenvalue weighted by Crippen LogP contribution is 2.38. The number of rotatable bonds is 10. The number of epoxide rings is 1. The van der Waals surface area contributed by atoms with Crippen LogP contribution in [-0.2, 0) is 14.3 Å². The maximum atomic E-state index is 11.9. The number of aliphatic hydroxyl groups excluding tert-OH is 3. The first-order valence-electron chi connectivity index (χ1n) is 10.3. The minimum Gasteiger partial charge on any atom is -0.393 e. The fraction of sp³-hybridized carbons (Fsp3) is 0.857. The predicted molar refractivity (Wildman–Crippen MR) is 102 cm³/mol. The van der Waals surface area contributed by atoms with Crippen LogP contribution in [0.15, 0.2) is 11.6 Å².